The van der Waals surface area contributed by atoms with E-state index in [9.17, 15) is 4.79 Å². The van der Waals surface area contributed by atoms with Gasteiger partial charge in [0.1, 0.15) is 19.3 Å². The lowest BCUT2D eigenvalue weighted by Crippen LogP contribution is -3.11. The lowest BCUT2D eigenvalue weighted by molar-refractivity contribution is -0.910. The normalized spacial score (nSPS) is 23.5. The van der Waals surface area contributed by atoms with Crippen molar-refractivity contribution in [3.8, 4) is 11.5 Å². The lowest BCUT2D eigenvalue weighted by Gasteiger charge is -2.35. The van der Waals surface area contributed by atoms with E-state index in [0.717, 1.165) is 63.0 Å². The first-order chi connectivity index (χ1) is 14.8. The van der Waals surface area contributed by atoms with Gasteiger partial charge in [-0.2, -0.15) is 0 Å². The average Bonchev–Trinajstić information content (AvgIpc) is 3.27. The summed E-state index contributed by atoms with van der Waals surface area (Å²) >= 11 is 0. The van der Waals surface area contributed by atoms with E-state index in [-0.39, 0.29) is 5.91 Å². The van der Waals surface area contributed by atoms with Crippen LogP contribution in [0.2, 0.25) is 0 Å². The van der Waals surface area contributed by atoms with E-state index in [1.807, 2.05) is 17.0 Å². The van der Waals surface area contributed by atoms with Crippen LogP contribution in [0.25, 0.3) is 0 Å². The van der Waals surface area contributed by atoms with Crippen LogP contribution in [0.3, 0.4) is 0 Å². The molecule has 0 aliphatic carbocycles. The number of hydrogen-bond acceptors (Lipinski definition) is 6. The predicted molar refractivity (Wildman–Crippen MR) is 111 cm³/mol. The highest BCUT2D eigenvalue weighted by atomic mass is 16.6. The number of fused-ring (bicyclic) bond motifs is 1. The molecule has 0 saturated carbocycles. The van der Waals surface area contributed by atoms with Gasteiger partial charge in [0.05, 0.1) is 6.54 Å². The summed E-state index contributed by atoms with van der Waals surface area (Å²) in [6.07, 6.45) is 5.76. The molecule has 1 amide bonds. The Morgan fingerprint density at radius 1 is 1.07 bits per heavy atom. The van der Waals surface area contributed by atoms with Crippen LogP contribution in [0.4, 0.5) is 5.95 Å². The van der Waals surface area contributed by atoms with Crippen molar-refractivity contribution >= 4 is 11.9 Å². The summed E-state index contributed by atoms with van der Waals surface area (Å²) in [4.78, 5) is 27.1. The number of hydrogen-bond donors (Lipinski definition) is 1. The van der Waals surface area contributed by atoms with Crippen LogP contribution < -0.4 is 19.3 Å². The smallest absolute Gasteiger partial charge is 0.277 e. The minimum atomic E-state index is 0.239. The third-order valence-electron chi connectivity index (χ3n) is 6.30. The van der Waals surface area contributed by atoms with Gasteiger partial charge in [-0.1, -0.05) is 0 Å². The van der Waals surface area contributed by atoms with Crippen LogP contribution in [0.5, 0.6) is 11.5 Å². The second-order valence-electron chi connectivity index (χ2n) is 8.10. The molecule has 0 radical (unpaired) electrons. The van der Waals surface area contributed by atoms with Crippen LogP contribution in [-0.4, -0.2) is 73.3 Å². The summed E-state index contributed by atoms with van der Waals surface area (Å²) in [7, 11) is 0. The highest BCUT2D eigenvalue weighted by molar-refractivity contribution is 5.77. The fourth-order valence-corrected chi connectivity index (χ4v) is 4.72. The summed E-state index contributed by atoms with van der Waals surface area (Å²) in [6.45, 7) is 5.76. The number of amides is 1. The minimum absolute atomic E-state index is 0.239. The fraction of sp³-hybridized carbons (Fsp3) is 0.500. The third kappa shape index (κ3) is 3.92. The van der Waals surface area contributed by atoms with E-state index in [2.05, 4.69) is 27.0 Å². The third-order valence-corrected chi connectivity index (χ3v) is 6.30. The maximum atomic E-state index is 13.0. The van der Waals surface area contributed by atoms with Gasteiger partial charge in [-0.3, -0.25) is 4.79 Å². The van der Waals surface area contributed by atoms with Crippen molar-refractivity contribution in [3.05, 3.63) is 42.2 Å². The van der Waals surface area contributed by atoms with Crippen molar-refractivity contribution in [2.75, 3.05) is 57.4 Å². The predicted octanol–water partition coefficient (Wildman–Crippen LogP) is 0.316. The van der Waals surface area contributed by atoms with Crippen LogP contribution in [-0.2, 0) is 4.79 Å². The Bertz CT molecular complexity index is 886. The number of benzene rings is 1. The molecule has 1 aromatic carbocycles. The number of nitrogens with zero attached hydrogens (tertiary/aromatic N) is 4. The summed E-state index contributed by atoms with van der Waals surface area (Å²) in [5, 5.41) is 0. The van der Waals surface area contributed by atoms with Crippen molar-refractivity contribution in [2.45, 2.75) is 18.9 Å². The molecule has 158 valence electrons. The molecule has 3 aliphatic rings. The molecule has 2 fully saturated rings. The van der Waals surface area contributed by atoms with Gasteiger partial charge in [-0.15, -0.1) is 0 Å². The summed E-state index contributed by atoms with van der Waals surface area (Å²) < 4.78 is 11.4. The Kier molecular flexibility index (Phi) is 5.40. The average molecular weight is 410 g/mol. The van der Waals surface area contributed by atoms with Crippen LogP contribution >= 0.6 is 0 Å². The maximum Gasteiger partial charge on any atom is 0.277 e. The van der Waals surface area contributed by atoms with E-state index in [4.69, 9.17) is 9.47 Å². The summed E-state index contributed by atoms with van der Waals surface area (Å²) in [5.74, 6) is 2.63. The number of carbonyl (C=O) groups is 1. The molecule has 2 saturated heterocycles. The molecular formula is C22H28N5O3+. The molecule has 1 N–H and O–H groups in total. The topological polar surface area (TPSA) is 72.2 Å². The first-order valence-corrected chi connectivity index (χ1v) is 10.8. The van der Waals surface area contributed by atoms with E-state index < -0.39 is 0 Å². The molecule has 8 heteroatoms. The highest BCUT2D eigenvalue weighted by Crippen LogP contribution is 2.33. The maximum absolute atomic E-state index is 13.0. The lowest BCUT2D eigenvalue weighted by atomic mass is 10.0. The number of piperazine rings is 1. The fourth-order valence-electron chi connectivity index (χ4n) is 4.72. The second-order valence-corrected chi connectivity index (χ2v) is 8.10. The summed E-state index contributed by atoms with van der Waals surface area (Å²) in [6, 6.07) is 8.40. The number of anilines is 1. The number of ether oxygens (including phenoxy) is 2. The molecule has 3 aliphatic heterocycles. The SMILES string of the molecule is O=C(C[NH+]1CCC[C@H]1c1ccc2c(c1)OCCO2)N1CCN(c2ncccn2)CC1. The molecular weight excluding hydrogens is 382 g/mol. The molecule has 0 bridgehead atoms. The van der Waals surface area contributed by atoms with Gasteiger partial charge in [-0.05, 0) is 24.3 Å². The molecule has 5 rings (SSSR count). The highest BCUT2D eigenvalue weighted by Gasteiger charge is 2.34. The molecule has 4 heterocycles. The molecule has 2 atom stereocenters. The van der Waals surface area contributed by atoms with Gasteiger partial charge < -0.3 is 24.2 Å². The Hall–Kier alpha value is -2.87. The van der Waals surface area contributed by atoms with Crippen LogP contribution in [0, 0.1) is 0 Å². The molecule has 0 spiro atoms. The Morgan fingerprint density at radius 2 is 1.83 bits per heavy atom. The molecule has 2 aromatic rings. The van der Waals surface area contributed by atoms with Gasteiger partial charge in [0.25, 0.3) is 5.91 Å². The van der Waals surface area contributed by atoms with Crippen molar-refractivity contribution in [2.24, 2.45) is 0 Å². The van der Waals surface area contributed by atoms with Crippen LogP contribution in [0.15, 0.2) is 36.7 Å². The number of likely N-dealkylation sites (tertiary alicyclic amines) is 1. The number of aromatic nitrogens is 2. The van der Waals surface area contributed by atoms with E-state index in [1.54, 1.807) is 12.4 Å². The largest absolute Gasteiger partial charge is 0.486 e. The van der Waals surface area contributed by atoms with Crippen molar-refractivity contribution < 1.29 is 19.2 Å². The standard InChI is InChI=1S/C22H27N5O3/c28-21(25-9-11-26(12-10-25)22-23-6-2-7-24-22)16-27-8-1-3-18(27)17-4-5-19-20(15-17)30-14-13-29-19/h2,4-7,15,18H,1,3,8-14,16H2/p+1/t18-/m0/s1. The van der Waals surface area contributed by atoms with Gasteiger partial charge >= 0.3 is 0 Å². The number of carbonyl (C=O) groups excluding carboxylic acids is 1. The van der Waals surface area contributed by atoms with Crippen LogP contribution in [0.1, 0.15) is 24.4 Å². The molecule has 1 unspecified atom stereocenters. The molecule has 8 nitrogen and oxygen atoms in total. The zero-order valence-electron chi connectivity index (χ0n) is 17.1. The Labute approximate surface area is 176 Å². The zero-order chi connectivity index (χ0) is 20.3. The summed E-state index contributed by atoms with van der Waals surface area (Å²) in [5.41, 5.74) is 1.24. The van der Waals surface area contributed by atoms with Crippen molar-refractivity contribution in [1.29, 1.82) is 0 Å². The molecule has 30 heavy (non-hydrogen) atoms. The van der Waals surface area contributed by atoms with Gasteiger partial charge in [0, 0.05) is 57.0 Å². The monoisotopic (exact) mass is 410 g/mol. The number of quaternary nitrogens is 1. The van der Waals surface area contributed by atoms with E-state index in [1.165, 1.54) is 10.5 Å². The van der Waals surface area contributed by atoms with E-state index in [0.29, 0.717) is 25.8 Å². The van der Waals surface area contributed by atoms with E-state index >= 15 is 0 Å². The zero-order valence-corrected chi connectivity index (χ0v) is 17.1. The van der Waals surface area contributed by atoms with Gasteiger partial charge in [0.15, 0.2) is 18.0 Å². The van der Waals surface area contributed by atoms with Crippen molar-refractivity contribution in [3.63, 3.8) is 0 Å². The number of nitrogens with one attached hydrogen (secondary N) is 1. The molecule has 1 aromatic heterocycles. The first kappa shape index (κ1) is 19.1. The second kappa shape index (κ2) is 8.47. The Balaban J connectivity index is 1.20. The van der Waals surface area contributed by atoms with Crippen molar-refractivity contribution in [1.82, 2.24) is 14.9 Å². The number of rotatable bonds is 4. The Morgan fingerprint density at radius 3 is 2.63 bits per heavy atom. The minimum Gasteiger partial charge on any atom is -0.486 e. The van der Waals surface area contributed by atoms with Gasteiger partial charge in [-0.25, -0.2) is 9.97 Å². The quantitative estimate of drug-likeness (QED) is 0.783. The first-order valence-electron chi connectivity index (χ1n) is 10.8. The van der Waals surface area contributed by atoms with Gasteiger partial charge in [0.2, 0.25) is 5.95 Å².